The molecule has 1 saturated heterocycles. The molecule has 0 aliphatic carbocycles. The molecule has 2 N–H and O–H groups in total. The van der Waals surface area contributed by atoms with Crippen LogP contribution in [0.5, 0.6) is 0 Å². The molecule has 2 heterocycles. The Bertz CT molecular complexity index is 738. The number of rotatable bonds is 2. The maximum atomic E-state index is 12.2. The Balaban J connectivity index is 2.09. The predicted octanol–water partition coefficient (Wildman–Crippen LogP) is 1.81. The molecule has 23 heavy (non-hydrogen) atoms. The normalized spacial score (nSPS) is 20.5. The van der Waals surface area contributed by atoms with E-state index >= 15 is 0 Å². The van der Waals surface area contributed by atoms with Gasteiger partial charge in [-0.2, -0.15) is 5.26 Å². The summed E-state index contributed by atoms with van der Waals surface area (Å²) in [5.74, 6) is 0.667. The first-order chi connectivity index (χ1) is 10.6. The van der Waals surface area contributed by atoms with E-state index in [2.05, 4.69) is 16.7 Å². The number of carbonyl (C=O) groups excluding carboxylic acids is 1. The molecule has 1 aromatic heterocycles. The van der Waals surface area contributed by atoms with Gasteiger partial charge in [0.2, 0.25) is 0 Å². The van der Waals surface area contributed by atoms with Crippen LogP contribution in [0, 0.1) is 11.3 Å². The molecule has 7 nitrogen and oxygen atoms in total. The van der Waals surface area contributed by atoms with Crippen LogP contribution in [0.1, 0.15) is 39.2 Å². The van der Waals surface area contributed by atoms with Crippen molar-refractivity contribution in [3.63, 3.8) is 0 Å². The van der Waals surface area contributed by atoms with Crippen molar-refractivity contribution in [2.24, 2.45) is 0 Å². The molecular weight excluding hydrogens is 316 g/mol. The second kappa shape index (κ2) is 6.24. The van der Waals surface area contributed by atoms with E-state index in [0.717, 1.165) is 0 Å². The molecule has 1 aliphatic rings. The summed E-state index contributed by atoms with van der Waals surface area (Å²) in [4.78, 5) is 12.2. The number of nitrogens with zero attached hydrogens (tertiary/aromatic N) is 2. The van der Waals surface area contributed by atoms with Crippen LogP contribution in [-0.4, -0.2) is 36.6 Å². The van der Waals surface area contributed by atoms with Crippen molar-refractivity contribution < 1.29 is 13.2 Å². The third kappa shape index (κ3) is 4.48. The molecule has 126 valence electrons. The van der Waals surface area contributed by atoms with Crippen LogP contribution in [0.3, 0.4) is 0 Å². The number of amides is 2. The molecule has 8 heteroatoms. The molecule has 2 amide bonds. The van der Waals surface area contributed by atoms with Gasteiger partial charge < -0.3 is 9.88 Å². The van der Waals surface area contributed by atoms with Crippen molar-refractivity contribution in [1.29, 1.82) is 5.26 Å². The Morgan fingerprint density at radius 1 is 1.43 bits per heavy atom. The lowest BCUT2D eigenvalue weighted by atomic mass is 10.1. The van der Waals surface area contributed by atoms with Crippen LogP contribution < -0.4 is 10.6 Å². The average Bonchev–Trinajstić information content (AvgIpc) is 2.80. The van der Waals surface area contributed by atoms with Gasteiger partial charge in [0, 0.05) is 17.8 Å². The first-order valence-corrected chi connectivity index (χ1v) is 9.34. The van der Waals surface area contributed by atoms with E-state index < -0.39 is 15.9 Å². The zero-order valence-corrected chi connectivity index (χ0v) is 14.4. The molecular formula is C15H22N4O3S. The highest BCUT2D eigenvalue weighted by Crippen LogP contribution is 2.24. The number of sulfone groups is 1. The summed E-state index contributed by atoms with van der Waals surface area (Å²) in [6.07, 6.45) is 2.89. The maximum absolute atomic E-state index is 12.2. The summed E-state index contributed by atoms with van der Waals surface area (Å²) in [5, 5.41) is 14.5. The Hall–Kier alpha value is -2.01. The van der Waals surface area contributed by atoms with Crippen molar-refractivity contribution in [2.75, 3.05) is 16.8 Å². The van der Waals surface area contributed by atoms with Crippen LogP contribution in [-0.2, 0) is 15.4 Å². The summed E-state index contributed by atoms with van der Waals surface area (Å²) >= 11 is 0. The van der Waals surface area contributed by atoms with Gasteiger partial charge in [-0.15, -0.1) is 0 Å². The van der Waals surface area contributed by atoms with Crippen LogP contribution in [0.2, 0.25) is 0 Å². The molecule has 0 spiro atoms. The summed E-state index contributed by atoms with van der Waals surface area (Å²) in [7, 11) is -3.07. The number of urea groups is 1. The molecule has 0 bridgehead atoms. The van der Waals surface area contributed by atoms with Crippen LogP contribution >= 0.6 is 0 Å². The number of nitriles is 1. The first-order valence-electron chi connectivity index (χ1n) is 7.52. The van der Waals surface area contributed by atoms with Crippen molar-refractivity contribution in [1.82, 2.24) is 9.88 Å². The van der Waals surface area contributed by atoms with Gasteiger partial charge in [0.25, 0.3) is 0 Å². The highest BCUT2D eigenvalue weighted by molar-refractivity contribution is 7.91. The molecule has 1 aromatic rings. The van der Waals surface area contributed by atoms with E-state index in [4.69, 9.17) is 5.26 Å². The summed E-state index contributed by atoms with van der Waals surface area (Å²) in [6, 6.07) is 2.82. The highest BCUT2D eigenvalue weighted by atomic mass is 32.2. The molecule has 0 radical (unpaired) electrons. The molecule has 1 fully saturated rings. The summed E-state index contributed by atoms with van der Waals surface area (Å²) in [5.41, 5.74) is 0.154. The highest BCUT2D eigenvalue weighted by Gasteiger charge is 2.26. The number of anilines is 1. The minimum atomic E-state index is -3.07. The number of hydrogen-bond donors (Lipinski definition) is 2. The average molecular weight is 338 g/mol. The van der Waals surface area contributed by atoms with Crippen LogP contribution in [0.15, 0.2) is 12.3 Å². The van der Waals surface area contributed by atoms with E-state index in [9.17, 15) is 13.2 Å². The van der Waals surface area contributed by atoms with Gasteiger partial charge in [0.15, 0.2) is 9.84 Å². The molecule has 0 unspecified atom stereocenters. The molecule has 0 aromatic carbocycles. The third-order valence-corrected chi connectivity index (χ3v) is 5.53. The molecule has 0 saturated carbocycles. The van der Waals surface area contributed by atoms with Gasteiger partial charge in [-0.3, -0.25) is 5.32 Å². The molecule has 2 rings (SSSR count). The van der Waals surface area contributed by atoms with Gasteiger partial charge in [-0.25, -0.2) is 13.2 Å². The monoisotopic (exact) mass is 338 g/mol. The van der Waals surface area contributed by atoms with E-state index in [1.54, 1.807) is 12.3 Å². The van der Waals surface area contributed by atoms with Crippen molar-refractivity contribution in [2.45, 2.75) is 45.2 Å². The van der Waals surface area contributed by atoms with Gasteiger partial charge in [-0.05, 0) is 39.7 Å². The second-order valence-electron chi connectivity index (χ2n) is 6.82. The number of aromatic nitrogens is 1. The van der Waals surface area contributed by atoms with Gasteiger partial charge >= 0.3 is 6.03 Å². The molecule has 1 atom stereocenters. The van der Waals surface area contributed by atoms with Crippen LogP contribution in [0.25, 0.3) is 0 Å². The van der Waals surface area contributed by atoms with Gasteiger partial charge in [0.05, 0.1) is 17.1 Å². The fourth-order valence-electron chi connectivity index (χ4n) is 2.65. The zero-order valence-electron chi connectivity index (χ0n) is 13.6. The van der Waals surface area contributed by atoms with Crippen molar-refractivity contribution in [3.05, 3.63) is 17.8 Å². The lowest BCUT2D eigenvalue weighted by Gasteiger charge is -2.26. The topological polar surface area (TPSA) is 104 Å². The van der Waals surface area contributed by atoms with E-state index in [0.29, 0.717) is 24.2 Å². The van der Waals surface area contributed by atoms with Crippen molar-refractivity contribution >= 4 is 21.7 Å². The minimum Gasteiger partial charge on any atom is -0.334 e. The van der Waals surface area contributed by atoms with Gasteiger partial charge in [-0.1, -0.05) is 0 Å². The molecule has 1 aliphatic heterocycles. The number of carbonyl (C=O) groups is 1. The lowest BCUT2D eigenvalue weighted by Crippen LogP contribution is -2.45. The standard InChI is InChI=1S/C15H22N4O3S/c1-15(2,3)19-9-11(8-16)7-13(19)18-14(20)17-12-5-4-6-23(21,22)10-12/h7,9,12H,4-6,10H2,1-3H3,(H2,17,18,20)/t12-/m1/s1. The number of nitrogens with one attached hydrogen (secondary N) is 2. The van der Waals surface area contributed by atoms with Crippen molar-refractivity contribution in [3.8, 4) is 6.07 Å². The largest absolute Gasteiger partial charge is 0.334 e. The summed E-state index contributed by atoms with van der Waals surface area (Å²) < 4.78 is 25.0. The summed E-state index contributed by atoms with van der Waals surface area (Å²) in [6.45, 7) is 5.89. The van der Waals surface area contributed by atoms with E-state index in [-0.39, 0.29) is 23.1 Å². The van der Waals surface area contributed by atoms with Crippen LogP contribution in [0.4, 0.5) is 10.6 Å². The fourth-order valence-corrected chi connectivity index (χ4v) is 4.29. The number of hydrogen-bond acceptors (Lipinski definition) is 4. The second-order valence-corrected chi connectivity index (χ2v) is 9.05. The Kier molecular flexibility index (Phi) is 4.71. The quantitative estimate of drug-likeness (QED) is 0.858. The SMILES string of the molecule is CC(C)(C)n1cc(C#N)cc1NC(=O)N[C@@H]1CCCS(=O)(=O)C1. The third-order valence-electron chi connectivity index (χ3n) is 3.71. The predicted molar refractivity (Wildman–Crippen MR) is 88.0 cm³/mol. The Labute approximate surface area is 136 Å². The first kappa shape index (κ1) is 17.3. The zero-order chi connectivity index (χ0) is 17.3. The minimum absolute atomic E-state index is 0.0237. The fraction of sp³-hybridized carbons (Fsp3) is 0.600. The smallest absolute Gasteiger partial charge is 0.320 e. The Morgan fingerprint density at radius 2 is 2.13 bits per heavy atom. The van der Waals surface area contributed by atoms with Gasteiger partial charge in [0.1, 0.15) is 11.9 Å². The van der Waals surface area contributed by atoms with E-state index in [1.807, 2.05) is 25.3 Å². The lowest BCUT2D eigenvalue weighted by molar-refractivity contribution is 0.248. The Morgan fingerprint density at radius 3 is 2.70 bits per heavy atom. The van der Waals surface area contributed by atoms with E-state index in [1.165, 1.54) is 0 Å². The maximum Gasteiger partial charge on any atom is 0.320 e.